The van der Waals surface area contributed by atoms with Crippen LogP contribution in [0.1, 0.15) is 124 Å². The van der Waals surface area contributed by atoms with Crippen LogP contribution >= 0.6 is 0 Å². The zero-order valence-electron chi connectivity index (χ0n) is 38.0. The Morgan fingerprint density at radius 3 is 2.44 bits per heavy atom. The quantitative estimate of drug-likeness (QED) is 0.263. The average Bonchev–Trinajstić information content (AvgIpc) is 4.20. The number of sulfonamides is 1. The molecule has 3 aliphatic carbocycles. The van der Waals surface area contributed by atoms with Crippen LogP contribution in [-0.4, -0.2) is 113 Å². The summed E-state index contributed by atoms with van der Waals surface area (Å²) in [7, 11) is -4.01. The maximum atomic E-state index is 14.9. The molecule has 64 heavy (non-hydrogen) atoms. The van der Waals surface area contributed by atoms with Crippen LogP contribution in [0, 0.1) is 17.3 Å². The van der Waals surface area contributed by atoms with Crippen molar-refractivity contribution in [3.63, 3.8) is 0 Å². The zero-order valence-corrected chi connectivity index (χ0v) is 38.8. The highest BCUT2D eigenvalue weighted by Gasteiger charge is 2.63. The summed E-state index contributed by atoms with van der Waals surface area (Å²) in [4.78, 5) is 66.1. The molecule has 9 atom stereocenters. The summed E-state index contributed by atoms with van der Waals surface area (Å²) in [6.07, 6.45) is 10.3. The molecule has 1 aromatic carbocycles. The van der Waals surface area contributed by atoms with Crippen LogP contribution in [0.2, 0.25) is 0 Å². The van der Waals surface area contributed by atoms with Crippen molar-refractivity contribution in [3.8, 4) is 11.6 Å². The van der Waals surface area contributed by atoms with E-state index in [1.54, 1.807) is 6.92 Å². The lowest BCUT2D eigenvalue weighted by atomic mass is 9.85. The number of carbonyl (C=O) groups excluding carboxylic acids is 4. The van der Waals surface area contributed by atoms with Crippen molar-refractivity contribution in [2.45, 2.75) is 177 Å². The zero-order chi connectivity index (χ0) is 45.3. The number of piperidine rings is 1. The first kappa shape index (κ1) is 44.7. The number of aromatic nitrogens is 1. The Hall–Kier alpha value is -4.44. The molecule has 2 aromatic rings. The molecule has 3 saturated carbocycles. The van der Waals surface area contributed by atoms with E-state index in [-0.39, 0.29) is 37.5 Å². The van der Waals surface area contributed by atoms with Crippen LogP contribution in [0.3, 0.4) is 0 Å². The van der Waals surface area contributed by atoms with Crippen molar-refractivity contribution in [2.24, 2.45) is 17.3 Å². The molecule has 3 N–H and O–H groups in total. The van der Waals surface area contributed by atoms with Crippen LogP contribution < -0.4 is 24.8 Å². The molecule has 3 saturated heterocycles. The molecule has 1 aromatic heterocycles. The van der Waals surface area contributed by atoms with E-state index >= 15 is 0 Å². The van der Waals surface area contributed by atoms with Crippen molar-refractivity contribution < 1.29 is 41.8 Å². The molecule has 2 unspecified atom stereocenters. The highest BCUT2D eigenvalue weighted by atomic mass is 32.2. The van der Waals surface area contributed by atoms with Crippen LogP contribution in [0.4, 0.5) is 4.79 Å². The third-order valence-corrected chi connectivity index (χ3v) is 17.6. The van der Waals surface area contributed by atoms with Gasteiger partial charge in [-0.3, -0.25) is 24.0 Å². The molecule has 4 bridgehead atoms. The molecule has 0 radical (unpaired) electrons. The van der Waals surface area contributed by atoms with Gasteiger partial charge in [0, 0.05) is 29.8 Å². The normalized spacial score (nSPS) is 33.8. The second-order valence-corrected chi connectivity index (χ2v) is 23.2. The number of alkyl carbamates (subject to hydrolysis) is 1. The largest absolute Gasteiger partial charge is 0.489 e. The van der Waals surface area contributed by atoms with Crippen molar-refractivity contribution in [1.29, 1.82) is 0 Å². The number of ether oxygens (including phenoxy) is 3. The molecule has 4 amide bonds. The van der Waals surface area contributed by atoms with Gasteiger partial charge >= 0.3 is 6.09 Å². The van der Waals surface area contributed by atoms with E-state index < -0.39 is 73.6 Å². The summed E-state index contributed by atoms with van der Waals surface area (Å²) in [6, 6.07) is 6.69. The van der Waals surface area contributed by atoms with Crippen LogP contribution in [-0.2, 0) is 35.6 Å². The van der Waals surface area contributed by atoms with E-state index in [0.717, 1.165) is 73.7 Å². The molecule has 4 aliphatic heterocycles. The fourth-order valence-electron chi connectivity index (χ4n) is 11.0. The summed E-state index contributed by atoms with van der Waals surface area (Å²) in [5.41, 5.74) is -0.786. The number of fused-ring (bicyclic) bond motifs is 7. The summed E-state index contributed by atoms with van der Waals surface area (Å²) >= 11 is 0. The second kappa shape index (κ2) is 16.8. The molecular formula is C48H66N6O9S. The second-order valence-electron chi connectivity index (χ2n) is 21.0. The number of benzene rings is 1. The van der Waals surface area contributed by atoms with Gasteiger partial charge in [-0.15, -0.1) is 6.58 Å². The van der Waals surface area contributed by atoms with Crippen molar-refractivity contribution in [3.05, 3.63) is 42.5 Å². The molecular weight excluding hydrogens is 837 g/mol. The number of para-hydroxylation sites is 1. The lowest BCUT2D eigenvalue weighted by molar-refractivity contribution is -0.142. The predicted octanol–water partition coefficient (Wildman–Crippen LogP) is 5.68. The van der Waals surface area contributed by atoms with Crippen LogP contribution in [0.15, 0.2) is 36.9 Å². The number of pyridine rings is 1. The monoisotopic (exact) mass is 902 g/mol. The van der Waals surface area contributed by atoms with Gasteiger partial charge in [0.2, 0.25) is 27.7 Å². The highest BCUT2D eigenvalue weighted by Crippen LogP contribution is 2.48. The van der Waals surface area contributed by atoms with Gasteiger partial charge in [-0.25, -0.2) is 18.2 Å². The Bertz CT molecular complexity index is 2300. The number of hydrogen-bond donors (Lipinski definition) is 3. The van der Waals surface area contributed by atoms with Gasteiger partial charge in [0.25, 0.3) is 5.91 Å². The number of nitrogens with zero attached hydrogens (tertiary/aromatic N) is 3. The van der Waals surface area contributed by atoms with Gasteiger partial charge in [0.05, 0.1) is 22.4 Å². The SMILES string of the molecule is C=C[C@@H]1C[C@]1(NC(=O)[C@@H]1C[C@@H]2CN1C(=O)[C@H](C(C)(C)C)NC(=O)O[C@@H]1C[C@H]1CCCCCc1c(nc3ccccc3c1OC1CC3CCC(C1)N3CC)O2)C(=O)NS(=O)(=O)C1(C)CC1. The van der Waals surface area contributed by atoms with Gasteiger partial charge < -0.3 is 29.7 Å². The van der Waals surface area contributed by atoms with Crippen LogP contribution in [0.5, 0.6) is 11.6 Å². The Morgan fingerprint density at radius 2 is 1.77 bits per heavy atom. The summed E-state index contributed by atoms with van der Waals surface area (Å²) in [5, 5.41) is 6.66. The standard InChI is InChI=1S/C48H66N6O9S/c1-7-29-26-48(29,44(57)52-64(59,60)47(6)20-21-47)51-41(55)37-25-33-27-54(37)43(56)40(46(3,4)5)50-45(58)63-38-22-28(38)14-10-9-11-16-35-39(34-15-12-13-17-36(34)49-42(35)62-33)61-32-23-30-18-19-31(24-32)53(30)8-2/h7,12-13,15,17,28-33,37-38,40H,1,8-11,14,16,18-27H2,2-6H3,(H,50,58)(H,51,55)(H,52,57)/t28-,29-,30?,31?,32?,33-,37+,38-,40-,48-/m1/s1. The minimum Gasteiger partial charge on any atom is -0.489 e. The van der Waals surface area contributed by atoms with Gasteiger partial charge in [0.1, 0.15) is 41.7 Å². The third kappa shape index (κ3) is 8.57. The van der Waals surface area contributed by atoms with Crippen molar-refractivity contribution in [1.82, 2.24) is 30.1 Å². The van der Waals surface area contributed by atoms with Crippen molar-refractivity contribution >= 4 is 44.7 Å². The maximum Gasteiger partial charge on any atom is 0.408 e. The lowest BCUT2D eigenvalue weighted by Crippen LogP contribution is -2.60. The molecule has 15 nitrogen and oxygen atoms in total. The van der Waals surface area contributed by atoms with Crippen molar-refractivity contribution in [2.75, 3.05) is 13.1 Å². The van der Waals surface area contributed by atoms with Gasteiger partial charge in [-0.2, -0.15) is 0 Å². The fraction of sp³-hybridized carbons (Fsp3) is 0.688. The van der Waals surface area contributed by atoms with Gasteiger partial charge in [-0.05, 0) is 108 Å². The molecule has 16 heteroatoms. The molecule has 6 fully saturated rings. The van der Waals surface area contributed by atoms with E-state index in [1.165, 1.54) is 23.8 Å². The number of amides is 4. The van der Waals surface area contributed by atoms with Gasteiger partial charge in [-0.1, -0.05) is 58.7 Å². The van der Waals surface area contributed by atoms with Crippen LogP contribution in [0.25, 0.3) is 10.9 Å². The first-order chi connectivity index (χ1) is 30.4. The minimum absolute atomic E-state index is 0.0231. The number of rotatable bonds is 9. The predicted molar refractivity (Wildman–Crippen MR) is 240 cm³/mol. The van der Waals surface area contributed by atoms with Gasteiger partial charge in [0.15, 0.2) is 0 Å². The smallest absolute Gasteiger partial charge is 0.408 e. The third-order valence-electron chi connectivity index (χ3n) is 15.4. The molecule has 7 aliphatic rings. The summed E-state index contributed by atoms with van der Waals surface area (Å²) in [5.74, 6) is -1.08. The Kier molecular flexibility index (Phi) is 11.7. The van der Waals surface area contributed by atoms with E-state index in [0.29, 0.717) is 37.2 Å². The van der Waals surface area contributed by atoms with E-state index in [4.69, 9.17) is 19.2 Å². The first-order valence-corrected chi connectivity index (χ1v) is 25.2. The molecule has 5 heterocycles. The number of hydrogen-bond acceptors (Lipinski definition) is 11. The molecule has 348 valence electrons. The Balaban J connectivity index is 1.06. The first-order valence-electron chi connectivity index (χ1n) is 23.7. The van der Waals surface area contributed by atoms with E-state index in [9.17, 15) is 27.6 Å². The molecule has 0 spiro atoms. The highest BCUT2D eigenvalue weighted by molar-refractivity contribution is 7.91. The fourth-order valence-corrected chi connectivity index (χ4v) is 12.3. The average molecular weight is 903 g/mol. The number of nitrogens with one attached hydrogen (secondary N) is 3. The summed E-state index contributed by atoms with van der Waals surface area (Å²) in [6.45, 7) is 14.2. The summed E-state index contributed by atoms with van der Waals surface area (Å²) < 4.78 is 47.6. The lowest BCUT2D eigenvalue weighted by Gasteiger charge is -2.38. The minimum atomic E-state index is -4.01. The molecule has 9 rings (SSSR count). The topological polar surface area (TPSA) is 186 Å². The number of carbonyl (C=O) groups is 4. The van der Waals surface area contributed by atoms with E-state index in [2.05, 4.69) is 39.8 Å². The van der Waals surface area contributed by atoms with E-state index in [1.807, 2.05) is 39.0 Å². The Labute approximate surface area is 377 Å². The Morgan fingerprint density at radius 1 is 1.03 bits per heavy atom. The maximum absolute atomic E-state index is 14.9.